The summed E-state index contributed by atoms with van der Waals surface area (Å²) in [6, 6.07) is 2.84. The van der Waals surface area contributed by atoms with Crippen molar-refractivity contribution in [1.29, 1.82) is 0 Å². The molecular weight excluding hydrogens is 312 g/mol. The van der Waals surface area contributed by atoms with Gasteiger partial charge in [-0.1, -0.05) is 24.4 Å². The molecule has 1 aliphatic heterocycles. The maximum absolute atomic E-state index is 12.5. The molecule has 1 heterocycles. The van der Waals surface area contributed by atoms with Gasteiger partial charge in [0.05, 0.1) is 4.90 Å². The van der Waals surface area contributed by atoms with Crippen LogP contribution in [-0.2, 0) is 10.0 Å². The molecule has 1 aromatic carbocycles. The van der Waals surface area contributed by atoms with Gasteiger partial charge in [-0.25, -0.2) is 13.6 Å². The molecular formula is C14H19ClN2O3S. The van der Waals surface area contributed by atoms with E-state index in [0.29, 0.717) is 18.7 Å². The summed E-state index contributed by atoms with van der Waals surface area (Å²) in [7, 11) is -3.91. The van der Waals surface area contributed by atoms with Crippen LogP contribution in [0.3, 0.4) is 0 Å². The summed E-state index contributed by atoms with van der Waals surface area (Å²) >= 11 is 6.05. The Morgan fingerprint density at radius 1 is 1.19 bits per heavy atom. The number of rotatable bonds is 2. The van der Waals surface area contributed by atoms with Crippen LogP contribution in [0.4, 0.5) is 0 Å². The first-order valence-corrected chi connectivity index (χ1v) is 8.85. The molecule has 0 bridgehead atoms. The van der Waals surface area contributed by atoms with Gasteiger partial charge in [0.15, 0.2) is 0 Å². The van der Waals surface area contributed by atoms with E-state index in [-0.39, 0.29) is 21.4 Å². The summed E-state index contributed by atoms with van der Waals surface area (Å²) in [6.45, 7) is 2.95. The lowest BCUT2D eigenvalue weighted by Gasteiger charge is -2.21. The maximum atomic E-state index is 12.5. The number of hydrogen-bond donors (Lipinski definition) is 1. The largest absolute Gasteiger partial charge is 0.339 e. The minimum atomic E-state index is -3.91. The molecule has 1 saturated heterocycles. The van der Waals surface area contributed by atoms with Gasteiger partial charge in [0.25, 0.3) is 5.91 Å². The van der Waals surface area contributed by atoms with Crippen molar-refractivity contribution < 1.29 is 13.2 Å². The number of primary sulfonamides is 1. The van der Waals surface area contributed by atoms with E-state index in [4.69, 9.17) is 16.7 Å². The van der Waals surface area contributed by atoms with Gasteiger partial charge in [-0.3, -0.25) is 4.79 Å². The number of amides is 1. The molecule has 5 nitrogen and oxygen atoms in total. The van der Waals surface area contributed by atoms with Gasteiger partial charge in [0, 0.05) is 23.7 Å². The second-order valence-electron chi connectivity index (χ2n) is 5.33. The van der Waals surface area contributed by atoms with Crippen LogP contribution in [0.5, 0.6) is 0 Å². The fourth-order valence-electron chi connectivity index (χ4n) is 2.53. The van der Waals surface area contributed by atoms with Crippen LogP contribution >= 0.6 is 11.6 Å². The van der Waals surface area contributed by atoms with Crippen LogP contribution in [0.2, 0.25) is 5.02 Å². The summed E-state index contributed by atoms with van der Waals surface area (Å²) in [5.74, 6) is -0.191. The summed E-state index contributed by atoms with van der Waals surface area (Å²) < 4.78 is 23.2. The Balaban J connectivity index is 2.39. The lowest BCUT2D eigenvalue weighted by Crippen LogP contribution is -2.32. The summed E-state index contributed by atoms with van der Waals surface area (Å²) in [6.07, 6.45) is 4.16. The smallest absolute Gasteiger partial charge is 0.253 e. The zero-order valence-electron chi connectivity index (χ0n) is 11.9. The number of carbonyl (C=O) groups is 1. The number of benzene rings is 1. The van der Waals surface area contributed by atoms with Crippen LogP contribution < -0.4 is 5.14 Å². The average molecular weight is 331 g/mol. The Kier molecular flexibility index (Phi) is 4.91. The van der Waals surface area contributed by atoms with Gasteiger partial charge in [-0.2, -0.15) is 0 Å². The highest BCUT2D eigenvalue weighted by Crippen LogP contribution is 2.26. The number of sulfonamides is 1. The maximum Gasteiger partial charge on any atom is 0.253 e. The van der Waals surface area contributed by atoms with Crippen molar-refractivity contribution in [2.45, 2.75) is 37.5 Å². The van der Waals surface area contributed by atoms with Crippen molar-refractivity contribution in [3.05, 3.63) is 28.3 Å². The van der Waals surface area contributed by atoms with Gasteiger partial charge in [0.1, 0.15) is 0 Å². The van der Waals surface area contributed by atoms with E-state index in [1.807, 2.05) is 0 Å². The topological polar surface area (TPSA) is 80.5 Å². The van der Waals surface area contributed by atoms with E-state index < -0.39 is 10.0 Å². The van der Waals surface area contributed by atoms with Gasteiger partial charge in [-0.05, 0) is 37.5 Å². The third-order valence-electron chi connectivity index (χ3n) is 3.74. The lowest BCUT2D eigenvalue weighted by molar-refractivity contribution is 0.0761. The van der Waals surface area contributed by atoms with Crippen LogP contribution in [0, 0.1) is 6.92 Å². The third-order valence-corrected chi connectivity index (χ3v) is 5.17. The fraction of sp³-hybridized carbons (Fsp3) is 0.500. The predicted molar refractivity (Wildman–Crippen MR) is 81.9 cm³/mol. The molecule has 1 fully saturated rings. The quantitative estimate of drug-likeness (QED) is 0.903. The minimum Gasteiger partial charge on any atom is -0.339 e. The molecule has 1 aromatic rings. The van der Waals surface area contributed by atoms with E-state index >= 15 is 0 Å². The molecule has 0 saturated carbocycles. The SMILES string of the molecule is Cc1c(Cl)cc(C(=O)N2CCCCCC2)cc1S(N)(=O)=O. The van der Waals surface area contributed by atoms with Crippen molar-refractivity contribution in [1.82, 2.24) is 4.90 Å². The lowest BCUT2D eigenvalue weighted by atomic mass is 10.1. The van der Waals surface area contributed by atoms with Gasteiger partial charge >= 0.3 is 0 Å². The molecule has 0 spiro atoms. The molecule has 116 valence electrons. The van der Waals surface area contributed by atoms with Crippen molar-refractivity contribution >= 4 is 27.5 Å². The molecule has 1 amide bonds. The average Bonchev–Trinajstić information content (AvgIpc) is 2.68. The number of likely N-dealkylation sites (tertiary alicyclic amines) is 1. The molecule has 1 aliphatic rings. The Morgan fingerprint density at radius 2 is 1.76 bits per heavy atom. The summed E-state index contributed by atoms with van der Waals surface area (Å²) in [5, 5.41) is 5.42. The highest BCUT2D eigenvalue weighted by molar-refractivity contribution is 7.89. The third kappa shape index (κ3) is 3.75. The Bertz CT molecular complexity index is 650. The van der Waals surface area contributed by atoms with Crippen LogP contribution in [0.25, 0.3) is 0 Å². The number of nitrogens with zero attached hydrogens (tertiary/aromatic N) is 1. The van der Waals surface area contributed by atoms with Gasteiger partial charge in [0.2, 0.25) is 10.0 Å². The molecule has 7 heteroatoms. The molecule has 0 unspecified atom stereocenters. The highest BCUT2D eigenvalue weighted by Gasteiger charge is 2.22. The molecule has 2 N–H and O–H groups in total. The second kappa shape index (κ2) is 6.34. The second-order valence-corrected chi connectivity index (χ2v) is 7.27. The van der Waals surface area contributed by atoms with Crippen molar-refractivity contribution in [3.63, 3.8) is 0 Å². The monoisotopic (exact) mass is 330 g/mol. The van der Waals surface area contributed by atoms with Crippen molar-refractivity contribution in [2.24, 2.45) is 5.14 Å². The fourth-order valence-corrected chi connectivity index (χ4v) is 3.63. The Morgan fingerprint density at radius 3 is 2.29 bits per heavy atom. The number of carbonyl (C=O) groups excluding carboxylic acids is 1. The van der Waals surface area contributed by atoms with E-state index in [2.05, 4.69) is 0 Å². The minimum absolute atomic E-state index is 0.0897. The standard InChI is InChI=1S/C14H19ClN2O3S/c1-10-12(15)8-11(9-13(10)21(16,19)20)14(18)17-6-4-2-3-5-7-17/h8-9H,2-7H2,1H3,(H2,16,19,20). The molecule has 2 rings (SSSR count). The normalized spacial score (nSPS) is 16.6. The molecule has 0 atom stereocenters. The number of hydrogen-bond acceptors (Lipinski definition) is 3. The first-order valence-electron chi connectivity index (χ1n) is 6.93. The van der Waals surface area contributed by atoms with E-state index in [1.165, 1.54) is 12.1 Å². The first-order chi connectivity index (χ1) is 9.80. The first kappa shape index (κ1) is 16.3. The highest BCUT2D eigenvalue weighted by atomic mass is 35.5. The summed E-state index contributed by atoms with van der Waals surface area (Å²) in [5.41, 5.74) is 0.642. The van der Waals surface area contributed by atoms with E-state index in [1.54, 1.807) is 11.8 Å². The summed E-state index contributed by atoms with van der Waals surface area (Å²) in [4.78, 5) is 14.2. The molecule has 0 radical (unpaired) electrons. The van der Waals surface area contributed by atoms with Crippen molar-refractivity contribution in [2.75, 3.05) is 13.1 Å². The molecule has 0 aromatic heterocycles. The molecule has 21 heavy (non-hydrogen) atoms. The molecule has 0 aliphatic carbocycles. The van der Waals surface area contributed by atoms with E-state index in [0.717, 1.165) is 25.7 Å². The Hall–Kier alpha value is -1.11. The zero-order valence-corrected chi connectivity index (χ0v) is 13.5. The number of nitrogens with two attached hydrogens (primary N) is 1. The van der Waals surface area contributed by atoms with Gasteiger partial charge in [-0.15, -0.1) is 0 Å². The predicted octanol–water partition coefficient (Wildman–Crippen LogP) is 2.31. The number of halogens is 1. The van der Waals surface area contributed by atoms with Crippen molar-refractivity contribution in [3.8, 4) is 0 Å². The van der Waals surface area contributed by atoms with Crippen LogP contribution in [0.1, 0.15) is 41.6 Å². The van der Waals surface area contributed by atoms with E-state index in [9.17, 15) is 13.2 Å². The zero-order chi connectivity index (χ0) is 15.6. The van der Waals surface area contributed by atoms with Crippen LogP contribution in [0.15, 0.2) is 17.0 Å². The van der Waals surface area contributed by atoms with Crippen LogP contribution in [-0.4, -0.2) is 32.3 Å². The Labute approximate surface area is 130 Å². The van der Waals surface area contributed by atoms with Gasteiger partial charge < -0.3 is 4.90 Å².